The molecule has 0 atom stereocenters. The molecular formula is C17H16F3N3O4. The minimum absolute atomic E-state index is 0.0888. The zero-order valence-corrected chi connectivity index (χ0v) is 14.4. The van der Waals surface area contributed by atoms with Crippen LogP contribution >= 0.6 is 0 Å². The van der Waals surface area contributed by atoms with Crippen molar-refractivity contribution in [2.75, 3.05) is 24.4 Å². The lowest BCUT2D eigenvalue weighted by atomic mass is 10.2. The van der Waals surface area contributed by atoms with Gasteiger partial charge in [0.05, 0.1) is 24.0 Å². The van der Waals surface area contributed by atoms with Gasteiger partial charge in [-0.1, -0.05) is 0 Å². The predicted octanol–water partition coefficient (Wildman–Crippen LogP) is 3.24. The van der Waals surface area contributed by atoms with Gasteiger partial charge >= 0.3 is 6.18 Å². The molecule has 1 heterocycles. The lowest BCUT2D eigenvalue weighted by Crippen LogP contribution is -2.20. The van der Waals surface area contributed by atoms with E-state index in [0.29, 0.717) is 11.4 Å². The number of methoxy groups -OCH3 is 1. The summed E-state index contributed by atoms with van der Waals surface area (Å²) in [6.45, 7) is -0.158. The highest BCUT2D eigenvalue weighted by Crippen LogP contribution is 2.27. The first kappa shape index (κ1) is 20.0. The molecule has 2 amide bonds. The first-order valence-electron chi connectivity index (χ1n) is 7.60. The second kappa shape index (κ2) is 8.39. The van der Waals surface area contributed by atoms with E-state index in [4.69, 9.17) is 4.74 Å². The maximum Gasteiger partial charge on any atom is 0.422 e. The number of rotatable bonds is 6. The Morgan fingerprint density at radius 3 is 2.41 bits per heavy atom. The van der Waals surface area contributed by atoms with E-state index >= 15 is 0 Å². The molecule has 0 saturated carbocycles. The van der Waals surface area contributed by atoms with E-state index in [1.807, 2.05) is 0 Å². The third-order valence-corrected chi connectivity index (χ3v) is 3.17. The molecule has 144 valence electrons. The van der Waals surface area contributed by atoms with Crippen LogP contribution in [0.4, 0.5) is 24.5 Å². The van der Waals surface area contributed by atoms with Crippen molar-refractivity contribution in [3.05, 3.63) is 42.1 Å². The highest BCUT2D eigenvalue weighted by molar-refractivity contribution is 6.07. The average Bonchev–Trinajstić information content (AvgIpc) is 2.60. The molecule has 0 saturated heterocycles. The summed E-state index contributed by atoms with van der Waals surface area (Å²) in [7, 11) is 1.45. The second-order valence-electron chi connectivity index (χ2n) is 5.34. The van der Waals surface area contributed by atoms with E-state index < -0.39 is 18.7 Å². The van der Waals surface area contributed by atoms with Crippen molar-refractivity contribution in [3.63, 3.8) is 0 Å². The highest BCUT2D eigenvalue weighted by atomic mass is 19.4. The normalized spacial score (nSPS) is 10.9. The topological polar surface area (TPSA) is 89.6 Å². The summed E-state index contributed by atoms with van der Waals surface area (Å²) in [5.41, 5.74) is 0.729. The van der Waals surface area contributed by atoms with Gasteiger partial charge in [0, 0.05) is 25.3 Å². The molecule has 0 fully saturated rings. The van der Waals surface area contributed by atoms with Crippen molar-refractivity contribution in [3.8, 4) is 11.6 Å². The first-order valence-corrected chi connectivity index (χ1v) is 7.60. The average molecular weight is 383 g/mol. The number of amides is 2. The van der Waals surface area contributed by atoms with Gasteiger partial charge in [0.1, 0.15) is 5.75 Å². The van der Waals surface area contributed by atoms with Crippen molar-refractivity contribution in [1.82, 2.24) is 4.98 Å². The number of carbonyl (C=O) groups is 2. The van der Waals surface area contributed by atoms with E-state index in [1.54, 1.807) is 12.1 Å². The van der Waals surface area contributed by atoms with E-state index in [-0.39, 0.29) is 23.0 Å². The summed E-state index contributed by atoms with van der Waals surface area (Å²) in [4.78, 5) is 27.3. The zero-order chi connectivity index (χ0) is 20.0. The minimum Gasteiger partial charge on any atom is -0.497 e. The Kier molecular flexibility index (Phi) is 6.22. The Bertz CT molecular complexity index is 823. The number of aromatic nitrogens is 1. The van der Waals surface area contributed by atoms with E-state index in [2.05, 4.69) is 20.4 Å². The lowest BCUT2D eigenvalue weighted by molar-refractivity contribution is -0.154. The molecule has 0 spiro atoms. The van der Waals surface area contributed by atoms with Gasteiger partial charge in [0.2, 0.25) is 11.8 Å². The van der Waals surface area contributed by atoms with Gasteiger partial charge in [0.15, 0.2) is 6.61 Å². The van der Waals surface area contributed by atoms with Crippen molar-refractivity contribution < 1.29 is 32.2 Å². The second-order valence-corrected chi connectivity index (χ2v) is 5.34. The summed E-state index contributed by atoms with van der Waals surface area (Å²) in [5.74, 6) is -0.717. The maximum absolute atomic E-state index is 12.4. The number of alkyl halides is 3. The fraction of sp³-hybridized carbons (Fsp3) is 0.235. The molecule has 0 aliphatic carbocycles. The first-order chi connectivity index (χ1) is 12.7. The standard InChI is InChI=1S/C17H16F3N3O4/c1-10(24)22-13-5-4-12(26-2)7-14(13)23-16(25)11-3-6-15(21-8-11)27-9-17(18,19)20/h3-8H,9H2,1-2H3,(H,22,24)(H,23,25). The molecule has 2 rings (SSSR count). The Morgan fingerprint density at radius 2 is 1.85 bits per heavy atom. The molecule has 2 N–H and O–H groups in total. The number of hydrogen-bond donors (Lipinski definition) is 2. The summed E-state index contributed by atoms with van der Waals surface area (Å²) in [5, 5.41) is 5.16. The largest absolute Gasteiger partial charge is 0.497 e. The van der Waals surface area contributed by atoms with Gasteiger partial charge in [-0.2, -0.15) is 13.2 Å². The van der Waals surface area contributed by atoms with E-state index in [0.717, 1.165) is 12.3 Å². The molecule has 0 aliphatic heterocycles. The van der Waals surface area contributed by atoms with Crippen LogP contribution in [0, 0.1) is 0 Å². The van der Waals surface area contributed by atoms with Gasteiger partial charge in [0.25, 0.3) is 5.91 Å². The van der Waals surface area contributed by atoms with Crippen molar-refractivity contribution in [1.29, 1.82) is 0 Å². The van der Waals surface area contributed by atoms with Gasteiger partial charge in [-0.25, -0.2) is 4.98 Å². The van der Waals surface area contributed by atoms with Crippen LogP contribution in [0.15, 0.2) is 36.5 Å². The quantitative estimate of drug-likeness (QED) is 0.799. The lowest BCUT2D eigenvalue weighted by Gasteiger charge is -2.13. The highest BCUT2D eigenvalue weighted by Gasteiger charge is 2.28. The molecule has 0 bridgehead atoms. The number of benzene rings is 1. The molecule has 10 heteroatoms. The summed E-state index contributed by atoms with van der Waals surface area (Å²) in [6.07, 6.45) is -3.40. The summed E-state index contributed by atoms with van der Waals surface area (Å²) >= 11 is 0. The zero-order valence-electron chi connectivity index (χ0n) is 14.4. The summed E-state index contributed by atoms with van der Waals surface area (Å²) < 4.78 is 45.9. The van der Waals surface area contributed by atoms with Crippen molar-refractivity contribution >= 4 is 23.2 Å². The van der Waals surface area contributed by atoms with Crippen LogP contribution < -0.4 is 20.1 Å². The van der Waals surface area contributed by atoms with Crippen LogP contribution in [0.3, 0.4) is 0 Å². The molecule has 27 heavy (non-hydrogen) atoms. The molecule has 0 unspecified atom stereocenters. The number of nitrogens with one attached hydrogen (secondary N) is 2. The number of halogens is 3. The third-order valence-electron chi connectivity index (χ3n) is 3.17. The third kappa shape index (κ3) is 6.17. The predicted molar refractivity (Wildman–Crippen MR) is 91.0 cm³/mol. The number of hydrogen-bond acceptors (Lipinski definition) is 5. The smallest absolute Gasteiger partial charge is 0.422 e. The van der Waals surface area contributed by atoms with Crippen molar-refractivity contribution in [2.45, 2.75) is 13.1 Å². The minimum atomic E-state index is -4.48. The van der Waals surface area contributed by atoms with Gasteiger partial charge in [-0.15, -0.1) is 0 Å². The fourth-order valence-electron chi connectivity index (χ4n) is 2.00. The number of nitrogens with zero attached hydrogens (tertiary/aromatic N) is 1. The van der Waals surface area contributed by atoms with Crippen LogP contribution in [-0.2, 0) is 4.79 Å². The van der Waals surface area contributed by atoms with E-state index in [9.17, 15) is 22.8 Å². The molecule has 2 aromatic rings. The van der Waals surface area contributed by atoms with Gasteiger partial charge in [-0.3, -0.25) is 9.59 Å². The number of anilines is 2. The molecular weight excluding hydrogens is 367 g/mol. The van der Waals surface area contributed by atoms with Crippen molar-refractivity contribution in [2.24, 2.45) is 0 Å². The Balaban J connectivity index is 2.13. The van der Waals surface area contributed by atoms with Gasteiger partial charge < -0.3 is 20.1 Å². The fourth-order valence-corrected chi connectivity index (χ4v) is 2.00. The van der Waals surface area contributed by atoms with Crippen LogP contribution in [-0.4, -0.2) is 36.7 Å². The van der Waals surface area contributed by atoms with Crippen LogP contribution in [0.5, 0.6) is 11.6 Å². The Morgan fingerprint density at radius 1 is 1.11 bits per heavy atom. The summed E-state index contributed by atoms with van der Waals surface area (Å²) in [6, 6.07) is 7.10. The SMILES string of the molecule is COc1ccc(NC(C)=O)c(NC(=O)c2ccc(OCC(F)(F)F)nc2)c1. The molecule has 7 nitrogen and oxygen atoms in total. The Labute approximate surface area is 152 Å². The Hall–Kier alpha value is -3.30. The van der Waals surface area contributed by atoms with E-state index in [1.165, 1.54) is 26.2 Å². The van der Waals surface area contributed by atoms with Crippen LogP contribution in [0.1, 0.15) is 17.3 Å². The van der Waals surface area contributed by atoms with Gasteiger partial charge in [-0.05, 0) is 18.2 Å². The number of ether oxygens (including phenoxy) is 2. The molecule has 1 aromatic carbocycles. The van der Waals surface area contributed by atoms with Crippen LogP contribution in [0.25, 0.3) is 0 Å². The molecule has 0 radical (unpaired) electrons. The maximum atomic E-state index is 12.4. The number of pyridine rings is 1. The monoisotopic (exact) mass is 383 g/mol. The molecule has 0 aliphatic rings. The number of carbonyl (C=O) groups excluding carboxylic acids is 2. The molecule has 1 aromatic heterocycles. The van der Waals surface area contributed by atoms with Crippen LogP contribution in [0.2, 0.25) is 0 Å².